The van der Waals surface area contributed by atoms with E-state index in [1.54, 1.807) is 0 Å². The van der Waals surface area contributed by atoms with E-state index in [9.17, 15) is 0 Å². The van der Waals surface area contributed by atoms with Crippen LogP contribution in [0.3, 0.4) is 0 Å². The molecule has 3 heteroatoms. The number of hydrogen-bond donors (Lipinski definition) is 1. The Bertz CT molecular complexity index is 564. The molecular weight excluding hydrogens is 262 g/mol. The van der Waals surface area contributed by atoms with E-state index in [2.05, 4.69) is 43.4 Å². The number of rotatable bonds is 5. The summed E-state index contributed by atoms with van der Waals surface area (Å²) in [6, 6.07) is 16.5. The van der Waals surface area contributed by atoms with E-state index in [0.717, 1.165) is 18.0 Å². The molecule has 2 aromatic rings. The molecule has 0 aliphatic carbocycles. The minimum Gasteiger partial charge on any atom is -0.457 e. The molecule has 0 spiro atoms. The monoisotopic (exact) mass is 283 g/mol. The highest BCUT2D eigenvalue weighted by molar-refractivity contribution is 5.52. The van der Waals surface area contributed by atoms with Crippen LogP contribution in [-0.2, 0) is 4.74 Å². The smallest absolute Gasteiger partial charge is 0.132 e. The van der Waals surface area contributed by atoms with Crippen LogP contribution < -0.4 is 10.1 Å². The maximum absolute atomic E-state index is 5.98. The fourth-order valence-electron chi connectivity index (χ4n) is 2.63. The van der Waals surface area contributed by atoms with Gasteiger partial charge in [-0.25, -0.2) is 0 Å². The van der Waals surface area contributed by atoms with Crippen LogP contribution in [0.4, 0.5) is 0 Å². The van der Waals surface area contributed by atoms with E-state index in [1.807, 2.05) is 24.3 Å². The lowest BCUT2D eigenvalue weighted by Gasteiger charge is -2.29. The Morgan fingerprint density at radius 2 is 1.57 bits per heavy atom. The van der Waals surface area contributed by atoms with Crippen molar-refractivity contribution >= 4 is 0 Å². The van der Waals surface area contributed by atoms with Gasteiger partial charge in [-0.15, -0.1) is 0 Å². The molecule has 3 nitrogen and oxygen atoms in total. The summed E-state index contributed by atoms with van der Waals surface area (Å²) in [5, 5.41) is 3.58. The minimum atomic E-state index is 0.155. The molecule has 0 amide bonds. The van der Waals surface area contributed by atoms with Crippen molar-refractivity contribution in [1.29, 1.82) is 0 Å². The van der Waals surface area contributed by atoms with Crippen molar-refractivity contribution in [3.63, 3.8) is 0 Å². The second-order valence-corrected chi connectivity index (χ2v) is 5.48. The van der Waals surface area contributed by atoms with Gasteiger partial charge in [-0.1, -0.05) is 36.4 Å². The molecular formula is C18H21NO2. The number of para-hydroxylation sites is 2. The Hall–Kier alpha value is -1.84. The second kappa shape index (κ2) is 6.29. The van der Waals surface area contributed by atoms with Crippen LogP contribution in [0, 0.1) is 0 Å². The van der Waals surface area contributed by atoms with Gasteiger partial charge in [-0.05, 0) is 26.0 Å². The molecule has 0 saturated heterocycles. The predicted octanol–water partition coefficient (Wildman–Crippen LogP) is 3.90. The summed E-state index contributed by atoms with van der Waals surface area (Å²) in [6.07, 6.45) is 0.265. The van der Waals surface area contributed by atoms with Crippen LogP contribution in [0.2, 0.25) is 0 Å². The lowest BCUT2D eigenvalue weighted by Crippen LogP contribution is -2.29. The van der Waals surface area contributed by atoms with E-state index >= 15 is 0 Å². The van der Waals surface area contributed by atoms with E-state index in [0.29, 0.717) is 6.61 Å². The Morgan fingerprint density at radius 1 is 1.00 bits per heavy atom. The normalized spacial score (nSPS) is 13.7. The average Bonchev–Trinajstić information content (AvgIpc) is 2.50. The van der Waals surface area contributed by atoms with Gasteiger partial charge in [0.1, 0.15) is 11.5 Å². The Kier molecular flexibility index (Phi) is 4.23. The van der Waals surface area contributed by atoms with Gasteiger partial charge < -0.3 is 14.8 Å². The Labute approximate surface area is 125 Å². The lowest BCUT2D eigenvalue weighted by molar-refractivity contribution is 0.0798. The standard InChI is InChI=1S/C18H21NO2/c1-13(2)20-12-11-19-18-14-7-3-5-9-16(14)21-17-10-6-4-8-15(17)18/h3-10,13,18-19H,11-12H2,1-2H3. The molecule has 0 saturated carbocycles. The first-order valence-corrected chi connectivity index (χ1v) is 7.46. The van der Waals surface area contributed by atoms with Crippen LogP contribution in [0.5, 0.6) is 11.5 Å². The molecule has 0 unspecified atom stereocenters. The van der Waals surface area contributed by atoms with Gasteiger partial charge in [-0.3, -0.25) is 0 Å². The van der Waals surface area contributed by atoms with Gasteiger partial charge in [0.05, 0.1) is 18.8 Å². The van der Waals surface area contributed by atoms with Crippen LogP contribution in [0.25, 0.3) is 0 Å². The van der Waals surface area contributed by atoms with Gasteiger partial charge in [0.25, 0.3) is 0 Å². The SMILES string of the molecule is CC(C)OCCNC1c2ccccc2Oc2ccccc21. The van der Waals surface area contributed by atoms with Gasteiger partial charge >= 0.3 is 0 Å². The highest BCUT2D eigenvalue weighted by Crippen LogP contribution is 2.42. The zero-order valence-electron chi connectivity index (χ0n) is 12.5. The van der Waals surface area contributed by atoms with Crippen molar-refractivity contribution in [3.8, 4) is 11.5 Å². The first-order valence-electron chi connectivity index (χ1n) is 7.46. The number of benzene rings is 2. The molecule has 0 atom stereocenters. The van der Waals surface area contributed by atoms with Crippen molar-refractivity contribution in [3.05, 3.63) is 59.7 Å². The summed E-state index contributed by atoms with van der Waals surface area (Å²) < 4.78 is 11.6. The van der Waals surface area contributed by atoms with Gasteiger partial charge in [0.2, 0.25) is 0 Å². The van der Waals surface area contributed by atoms with Crippen molar-refractivity contribution in [2.75, 3.05) is 13.2 Å². The highest BCUT2D eigenvalue weighted by Gasteiger charge is 2.25. The van der Waals surface area contributed by atoms with Crippen LogP contribution in [0.1, 0.15) is 31.0 Å². The summed E-state index contributed by atoms with van der Waals surface area (Å²) >= 11 is 0. The third-order valence-electron chi connectivity index (χ3n) is 3.58. The largest absolute Gasteiger partial charge is 0.457 e. The summed E-state index contributed by atoms with van der Waals surface area (Å²) in [7, 11) is 0. The maximum atomic E-state index is 5.98. The molecule has 3 rings (SSSR count). The summed E-state index contributed by atoms with van der Waals surface area (Å²) in [5.41, 5.74) is 2.36. The van der Waals surface area contributed by atoms with E-state index in [4.69, 9.17) is 9.47 Å². The molecule has 110 valence electrons. The van der Waals surface area contributed by atoms with Crippen molar-refractivity contribution in [2.45, 2.75) is 26.0 Å². The molecule has 0 radical (unpaired) electrons. The molecule has 1 N–H and O–H groups in total. The molecule has 0 aromatic heterocycles. The molecule has 1 aliphatic rings. The van der Waals surface area contributed by atoms with Gasteiger partial charge in [-0.2, -0.15) is 0 Å². The zero-order valence-corrected chi connectivity index (χ0v) is 12.5. The van der Waals surface area contributed by atoms with Crippen LogP contribution >= 0.6 is 0 Å². The Balaban J connectivity index is 1.81. The fraction of sp³-hybridized carbons (Fsp3) is 0.333. The third kappa shape index (κ3) is 3.09. The fourth-order valence-corrected chi connectivity index (χ4v) is 2.63. The third-order valence-corrected chi connectivity index (χ3v) is 3.58. The molecule has 2 aromatic carbocycles. The molecule has 0 fully saturated rings. The number of hydrogen-bond acceptors (Lipinski definition) is 3. The maximum Gasteiger partial charge on any atom is 0.132 e. The predicted molar refractivity (Wildman–Crippen MR) is 83.9 cm³/mol. The topological polar surface area (TPSA) is 30.5 Å². The quantitative estimate of drug-likeness (QED) is 0.844. The second-order valence-electron chi connectivity index (χ2n) is 5.48. The van der Waals surface area contributed by atoms with Crippen molar-refractivity contribution < 1.29 is 9.47 Å². The summed E-state index contributed by atoms with van der Waals surface area (Å²) in [4.78, 5) is 0. The van der Waals surface area contributed by atoms with E-state index in [1.165, 1.54) is 11.1 Å². The minimum absolute atomic E-state index is 0.155. The first kappa shape index (κ1) is 14.1. The average molecular weight is 283 g/mol. The van der Waals surface area contributed by atoms with E-state index in [-0.39, 0.29) is 12.1 Å². The molecule has 0 bridgehead atoms. The van der Waals surface area contributed by atoms with Gasteiger partial charge in [0.15, 0.2) is 0 Å². The van der Waals surface area contributed by atoms with Crippen molar-refractivity contribution in [2.24, 2.45) is 0 Å². The van der Waals surface area contributed by atoms with E-state index < -0.39 is 0 Å². The molecule has 1 aliphatic heterocycles. The highest BCUT2D eigenvalue weighted by atomic mass is 16.5. The first-order chi connectivity index (χ1) is 10.3. The zero-order chi connectivity index (χ0) is 14.7. The van der Waals surface area contributed by atoms with Crippen molar-refractivity contribution in [1.82, 2.24) is 5.32 Å². The molecule has 21 heavy (non-hydrogen) atoms. The van der Waals surface area contributed by atoms with Crippen LogP contribution in [-0.4, -0.2) is 19.3 Å². The number of ether oxygens (including phenoxy) is 2. The number of fused-ring (bicyclic) bond motifs is 2. The molecule has 1 heterocycles. The Morgan fingerprint density at radius 3 is 2.14 bits per heavy atom. The lowest BCUT2D eigenvalue weighted by atomic mass is 9.94. The summed E-state index contributed by atoms with van der Waals surface area (Å²) in [6.45, 7) is 5.63. The van der Waals surface area contributed by atoms with Gasteiger partial charge in [0, 0.05) is 17.7 Å². The number of nitrogens with one attached hydrogen (secondary N) is 1. The summed E-state index contributed by atoms with van der Waals surface area (Å²) in [5.74, 6) is 1.86. The van der Waals surface area contributed by atoms with Crippen LogP contribution in [0.15, 0.2) is 48.5 Å².